The molecule has 1 aliphatic rings. The van der Waals surface area contributed by atoms with Crippen molar-refractivity contribution < 1.29 is 14.3 Å². The molecule has 0 atom stereocenters. The summed E-state index contributed by atoms with van der Waals surface area (Å²) in [5, 5.41) is 10.4. The molecule has 1 aliphatic heterocycles. The number of aromatic carboxylic acids is 1. The van der Waals surface area contributed by atoms with E-state index in [2.05, 4.69) is 50.9 Å². The van der Waals surface area contributed by atoms with E-state index in [1.807, 2.05) is 19.9 Å². The Balaban J connectivity index is 1.27. The SMILES string of the molecule is CCN(CCCc1c(F)cccc1Cl)Cc1ccc(CN2CCN(c3nccc(C(C)C)c3C(=O)O)CC2)cc1. The van der Waals surface area contributed by atoms with Crippen molar-refractivity contribution in [3.63, 3.8) is 0 Å². The number of halogens is 2. The van der Waals surface area contributed by atoms with Crippen LogP contribution in [0.3, 0.4) is 0 Å². The molecule has 0 aliphatic carbocycles. The Bertz CT molecular complexity index is 1260. The van der Waals surface area contributed by atoms with Gasteiger partial charge in [-0.05, 0) is 66.7 Å². The van der Waals surface area contributed by atoms with Crippen molar-refractivity contribution in [2.45, 2.75) is 52.6 Å². The maximum Gasteiger partial charge on any atom is 0.339 e. The highest BCUT2D eigenvalue weighted by molar-refractivity contribution is 6.31. The van der Waals surface area contributed by atoms with Crippen LogP contribution in [0.1, 0.15) is 65.7 Å². The van der Waals surface area contributed by atoms with Crippen molar-refractivity contribution in [1.29, 1.82) is 0 Å². The summed E-state index contributed by atoms with van der Waals surface area (Å²) >= 11 is 6.18. The molecule has 0 spiro atoms. The molecular weight excluding hydrogens is 527 g/mol. The number of aromatic nitrogens is 1. The molecule has 1 fully saturated rings. The van der Waals surface area contributed by atoms with Crippen LogP contribution in [0, 0.1) is 5.82 Å². The quantitative estimate of drug-likeness (QED) is 0.271. The van der Waals surface area contributed by atoms with Crippen LogP contribution in [0.25, 0.3) is 0 Å². The number of piperazine rings is 1. The molecular formula is C32H40ClFN4O2. The van der Waals surface area contributed by atoms with Crippen molar-refractivity contribution in [3.05, 3.63) is 93.4 Å². The summed E-state index contributed by atoms with van der Waals surface area (Å²) in [5.74, 6) is -0.431. The second kappa shape index (κ2) is 14.1. The van der Waals surface area contributed by atoms with Gasteiger partial charge in [0.2, 0.25) is 0 Å². The Labute approximate surface area is 242 Å². The number of rotatable bonds is 12. The van der Waals surface area contributed by atoms with Gasteiger partial charge in [0.1, 0.15) is 17.2 Å². The smallest absolute Gasteiger partial charge is 0.339 e. The topological polar surface area (TPSA) is 59.9 Å². The van der Waals surface area contributed by atoms with Gasteiger partial charge in [-0.25, -0.2) is 14.2 Å². The zero-order valence-corrected chi connectivity index (χ0v) is 24.5. The Morgan fingerprint density at radius 1 is 1.07 bits per heavy atom. The summed E-state index contributed by atoms with van der Waals surface area (Å²) in [7, 11) is 0. The summed E-state index contributed by atoms with van der Waals surface area (Å²) in [6.07, 6.45) is 3.21. The van der Waals surface area contributed by atoms with Crippen molar-refractivity contribution in [1.82, 2.24) is 14.8 Å². The van der Waals surface area contributed by atoms with E-state index in [1.54, 1.807) is 18.3 Å². The van der Waals surface area contributed by atoms with Crippen LogP contribution in [0.15, 0.2) is 54.7 Å². The first-order valence-corrected chi connectivity index (χ1v) is 14.6. The highest BCUT2D eigenvalue weighted by Gasteiger charge is 2.25. The van der Waals surface area contributed by atoms with Crippen LogP contribution in [0.4, 0.5) is 10.2 Å². The molecule has 2 aromatic carbocycles. The molecule has 3 aromatic rings. The van der Waals surface area contributed by atoms with E-state index in [-0.39, 0.29) is 11.7 Å². The minimum atomic E-state index is -0.912. The van der Waals surface area contributed by atoms with E-state index in [0.717, 1.165) is 64.3 Å². The first-order valence-electron chi connectivity index (χ1n) is 14.2. The number of hydrogen-bond acceptors (Lipinski definition) is 5. The number of carbonyl (C=O) groups is 1. The Morgan fingerprint density at radius 3 is 2.40 bits per heavy atom. The maximum absolute atomic E-state index is 14.1. The summed E-state index contributed by atoms with van der Waals surface area (Å²) in [4.78, 5) is 23.4. The molecule has 1 aromatic heterocycles. The van der Waals surface area contributed by atoms with Gasteiger partial charge < -0.3 is 10.0 Å². The molecule has 1 N–H and O–H groups in total. The number of pyridine rings is 1. The number of carboxylic acid groups (broad SMARTS) is 1. The molecule has 0 radical (unpaired) electrons. The second-order valence-corrected chi connectivity index (χ2v) is 11.2. The second-order valence-electron chi connectivity index (χ2n) is 10.8. The fraction of sp³-hybridized carbons (Fsp3) is 0.438. The lowest BCUT2D eigenvalue weighted by Crippen LogP contribution is -2.46. The third-order valence-corrected chi connectivity index (χ3v) is 8.07. The predicted octanol–water partition coefficient (Wildman–Crippen LogP) is 6.47. The van der Waals surface area contributed by atoms with E-state index in [0.29, 0.717) is 28.4 Å². The molecule has 2 heterocycles. The molecule has 8 heteroatoms. The third kappa shape index (κ3) is 7.59. The maximum atomic E-state index is 14.1. The van der Waals surface area contributed by atoms with Gasteiger partial charge in [-0.1, -0.05) is 62.7 Å². The van der Waals surface area contributed by atoms with Crippen LogP contribution < -0.4 is 4.90 Å². The van der Waals surface area contributed by atoms with Gasteiger partial charge in [-0.2, -0.15) is 0 Å². The Morgan fingerprint density at radius 2 is 1.77 bits per heavy atom. The number of carboxylic acids is 1. The molecule has 6 nitrogen and oxygen atoms in total. The van der Waals surface area contributed by atoms with E-state index in [9.17, 15) is 14.3 Å². The fourth-order valence-electron chi connectivity index (χ4n) is 5.39. The normalized spacial score (nSPS) is 14.3. The zero-order chi connectivity index (χ0) is 28.6. The highest BCUT2D eigenvalue weighted by Crippen LogP contribution is 2.28. The van der Waals surface area contributed by atoms with Gasteiger partial charge in [0.25, 0.3) is 0 Å². The molecule has 0 amide bonds. The van der Waals surface area contributed by atoms with Crippen molar-refractivity contribution >= 4 is 23.4 Å². The zero-order valence-electron chi connectivity index (χ0n) is 23.7. The van der Waals surface area contributed by atoms with Gasteiger partial charge in [-0.3, -0.25) is 9.80 Å². The van der Waals surface area contributed by atoms with Crippen LogP contribution in [-0.4, -0.2) is 65.1 Å². The first-order chi connectivity index (χ1) is 19.3. The van der Waals surface area contributed by atoms with E-state index in [4.69, 9.17) is 11.6 Å². The molecule has 0 saturated carbocycles. The predicted molar refractivity (Wildman–Crippen MR) is 160 cm³/mol. The van der Waals surface area contributed by atoms with Crippen LogP contribution >= 0.6 is 11.6 Å². The summed E-state index contributed by atoms with van der Waals surface area (Å²) in [6, 6.07) is 15.5. The molecule has 214 valence electrons. The number of hydrogen-bond donors (Lipinski definition) is 1. The molecule has 0 unspecified atom stereocenters. The average molecular weight is 567 g/mol. The van der Waals surface area contributed by atoms with Gasteiger partial charge in [0.15, 0.2) is 0 Å². The van der Waals surface area contributed by atoms with Crippen molar-refractivity contribution in [3.8, 4) is 0 Å². The first kappa shape index (κ1) is 30.0. The van der Waals surface area contributed by atoms with Crippen molar-refractivity contribution in [2.24, 2.45) is 0 Å². The largest absolute Gasteiger partial charge is 0.478 e. The van der Waals surface area contributed by atoms with E-state index in [1.165, 1.54) is 17.2 Å². The number of benzene rings is 2. The van der Waals surface area contributed by atoms with E-state index >= 15 is 0 Å². The summed E-state index contributed by atoms with van der Waals surface area (Å²) in [5.41, 5.74) is 4.29. The Kier molecular flexibility index (Phi) is 10.5. The molecule has 0 bridgehead atoms. The molecule has 40 heavy (non-hydrogen) atoms. The fourth-order valence-corrected chi connectivity index (χ4v) is 5.65. The minimum absolute atomic E-state index is 0.125. The summed E-state index contributed by atoms with van der Waals surface area (Å²) < 4.78 is 14.1. The third-order valence-electron chi connectivity index (χ3n) is 7.72. The number of anilines is 1. The summed E-state index contributed by atoms with van der Waals surface area (Å²) in [6.45, 7) is 12.9. The standard InChI is InChI=1S/C32H40ClFN4O2/c1-4-36(16-6-7-27-28(33)8-5-9-29(27)34)21-24-10-12-25(13-11-24)22-37-17-19-38(20-18-37)31-30(32(39)40)26(23(2)3)14-15-35-31/h5,8-15,23H,4,6-7,16-22H2,1-3H3,(H,39,40). The minimum Gasteiger partial charge on any atom is -0.478 e. The van der Waals surface area contributed by atoms with Gasteiger partial charge >= 0.3 is 5.97 Å². The van der Waals surface area contributed by atoms with Gasteiger partial charge in [0, 0.05) is 56.1 Å². The van der Waals surface area contributed by atoms with E-state index < -0.39 is 5.97 Å². The average Bonchev–Trinajstić information content (AvgIpc) is 2.95. The lowest BCUT2D eigenvalue weighted by Gasteiger charge is -2.36. The van der Waals surface area contributed by atoms with Crippen LogP contribution in [0.2, 0.25) is 5.02 Å². The van der Waals surface area contributed by atoms with Crippen molar-refractivity contribution in [2.75, 3.05) is 44.2 Å². The highest BCUT2D eigenvalue weighted by atomic mass is 35.5. The van der Waals surface area contributed by atoms with Gasteiger partial charge in [-0.15, -0.1) is 0 Å². The van der Waals surface area contributed by atoms with Crippen LogP contribution in [0.5, 0.6) is 0 Å². The van der Waals surface area contributed by atoms with Gasteiger partial charge in [0.05, 0.1) is 0 Å². The molecule has 4 rings (SSSR count). The number of nitrogens with zero attached hydrogens (tertiary/aromatic N) is 4. The Hall–Kier alpha value is -3.00. The van der Waals surface area contributed by atoms with Crippen LogP contribution in [-0.2, 0) is 19.5 Å². The molecule has 1 saturated heterocycles. The monoisotopic (exact) mass is 566 g/mol. The lowest BCUT2D eigenvalue weighted by molar-refractivity contribution is 0.0695. The lowest BCUT2D eigenvalue weighted by atomic mass is 9.98.